The largest absolute Gasteiger partial charge is 0.272 e. The Morgan fingerprint density at radius 1 is 1.06 bits per heavy atom. The summed E-state index contributed by atoms with van der Waals surface area (Å²) in [6, 6.07) is 22.4. The zero-order valence-electron chi connectivity index (χ0n) is 18.3. The molecule has 0 spiro atoms. The number of non-ortho nitro benzene ring substituents is 1. The summed E-state index contributed by atoms with van der Waals surface area (Å²) in [5.41, 5.74) is 5.96. The second-order valence-corrected chi connectivity index (χ2v) is 10.4. The van der Waals surface area contributed by atoms with Gasteiger partial charge in [0.25, 0.3) is 11.2 Å². The number of halogens is 1. The highest BCUT2D eigenvalue weighted by Gasteiger charge is 2.32. The molecule has 0 bridgehead atoms. The normalized spacial score (nSPS) is 16.8. The summed E-state index contributed by atoms with van der Waals surface area (Å²) in [6.07, 6.45) is 3.44. The van der Waals surface area contributed by atoms with Gasteiger partial charge in [0.15, 0.2) is 4.80 Å². The van der Waals surface area contributed by atoms with Crippen molar-refractivity contribution in [1.82, 2.24) is 4.57 Å². The molecular formula is C27H18BrN3O3S. The molecule has 1 aliphatic heterocycles. The number of nitrogens with zero attached hydrogens (tertiary/aromatic N) is 3. The van der Waals surface area contributed by atoms with E-state index in [0.29, 0.717) is 14.9 Å². The molecule has 0 saturated heterocycles. The first-order chi connectivity index (χ1) is 17.0. The molecule has 3 aromatic carbocycles. The lowest BCUT2D eigenvalue weighted by Gasteiger charge is -2.30. The first-order valence-electron chi connectivity index (χ1n) is 11.1. The summed E-state index contributed by atoms with van der Waals surface area (Å²) < 4.78 is 3.26. The van der Waals surface area contributed by atoms with Crippen molar-refractivity contribution < 1.29 is 4.92 Å². The monoisotopic (exact) mass is 543 g/mol. The molecule has 6 rings (SSSR count). The zero-order chi connectivity index (χ0) is 24.1. The molecule has 0 N–H and O–H groups in total. The van der Waals surface area contributed by atoms with Gasteiger partial charge < -0.3 is 0 Å². The molecule has 35 heavy (non-hydrogen) atoms. The van der Waals surface area contributed by atoms with Crippen molar-refractivity contribution in [3.63, 3.8) is 0 Å². The van der Waals surface area contributed by atoms with Crippen LogP contribution < -0.4 is 14.9 Å². The van der Waals surface area contributed by atoms with Crippen molar-refractivity contribution in [2.45, 2.75) is 18.9 Å². The fraction of sp³-hybridized carbons (Fsp3) is 0.111. The molecule has 0 unspecified atom stereocenters. The van der Waals surface area contributed by atoms with E-state index in [1.807, 2.05) is 36.4 Å². The van der Waals surface area contributed by atoms with Gasteiger partial charge in [0, 0.05) is 22.2 Å². The highest BCUT2D eigenvalue weighted by atomic mass is 79.9. The summed E-state index contributed by atoms with van der Waals surface area (Å²) in [5, 5.41) is 11.2. The second-order valence-electron chi connectivity index (χ2n) is 8.52. The molecule has 2 aliphatic rings. The summed E-state index contributed by atoms with van der Waals surface area (Å²) in [5.74, 6) is 0. The standard InChI is InChI=1S/C27H18BrN3O3S/c28-19-11-8-18(9-12-19)25-22-13-10-17-5-1-2-7-21(17)24(22)29-27-30(25)26(32)23(35-27)15-16-4-3-6-20(14-16)31(33)34/h1-9,11-12,14-15,25H,10,13H2/b23-15-/t25-/m1/s1. The number of nitro groups is 1. The van der Waals surface area contributed by atoms with Crippen molar-refractivity contribution in [2.24, 2.45) is 4.99 Å². The highest BCUT2D eigenvalue weighted by Crippen LogP contribution is 2.41. The van der Waals surface area contributed by atoms with E-state index in [2.05, 4.69) is 28.1 Å². The van der Waals surface area contributed by atoms with E-state index in [1.54, 1.807) is 22.8 Å². The van der Waals surface area contributed by atoms with E-state index in [9.17, 15) is 14.9 Å². The molecule has 8 heteroatoms. The van der Waals surface area contributed by atoms with Crippen LogP contribution in [0.5, 0.6) is 0 Å². The molecule has 4 aromatic rings. The summed E-state index contributed by atoms with van der Waals surface area (Å²) >= 11 is 4.83. The molecule has 2 heterocycles. The number of hydrogen-bond donors (Lipinski definition) is 0. The average Bonchev–Trinajstić information content (AvgIpc) is 3.18. The van der Waals surface area contributed by atoms with E-state index < -0.39 is 4.92 Å². The summed E-state index contributed by atoms with van der Waals surface area (Å²) in [4.78, 5) is 30.1. The SMILES string of the molecule is O=c1/c(=C/c2cccc([N+](=O)[O-])c2)sc2n1[C@H](c1ccc(Br)cc1)C1=C(N=2)c2ccccc2CC1. The second kappa shape index (κ2) is 8.55. The Bertz CT molecular complexity index is 1720. The van der Waals surface area contributed by atoms with Crippen LogP contribution in [0, 0.1) is 10.1 Å². The third-order valence-electron chi connectivity index (χ3n) is 6.44. The van der Waals surface area contributed by atoms with Crippen LogP contribution in [-0.4, -0.2) is 9.49 Å². The Balaban J connectivity index is 1.60. The first-order valence-corrected chi connectivity index (χ1v) is 12.7. The van der Waals surface area contributed by atoms with Gasteiger partial charge >= 0.3 is 0 Å². The van der Waals surface area contributed by atoms with Crippen LogP contribution in [0.1, 0.15) is 34.7 Å². The molecule has 1 aliphatic carbocycles. The van der Waals surface area contributed by atoms with E-state index >= 15 is 0 Å². The van der Waals surface area contributed by atoms with E-state index in [1.165, 1.54) is 29.0 Å². The third-order valence-corrected chi connectivity index (χ3v) is 7.95. The number of thiazole rings is 1. The predicted molar refractivity (Wildman–Crippen MR) is 140 cm³/mol. The number of allylic oxidation sites excluding steroid dienone is 1. The van der Waals surface area contributed by atoms with Gasteiger partial charge in [-0.2, -0.15) is 0 Å². The van der Waals surface area contributed by atoms with Gasteiger partial charge in [-0.1, -0.05) is 75.8 Å². The summed E-state index contributed by atoms with van der Waals surface area (Å²) in [7, 11) is 0. The minimum Gasteiger partial charge on any atom is -0.272 e. The van der Waals surface area contributed by atoms with Crippen LogP contribution in [-0.2, 0) is 6.42 Å². The van der Waals surface area contributed by atoms with E-state index in [-0.39, 0.29) is 17.3 Å². The van der Waals surface area contributed by atoms with Crippen molar-refractivity contribution in [3.05, 3.63) is 135 Å². The Hall–Kier alpha value is -3.62. The molecule has 1 aromatic heterocycles. The highest BCUT2D eigenvalue weighted by molar-refractivity contribution is 9.10. The molecule has 1 atom stereocenters. The lowest BCUT2D eigenvalue weighted by Crippen LogP contribution is -2.38. The number of fused-ring (bicyclic) bond motifs is 3. The first kappa shape index (κ1) is 21.9. The van der Waals surface area contributed by atoms with Crippen molar-refractivity contribution in [2.75, 3.05) is 0 Å². The predicted octanol–water partition coefficient (Wildman–Crippen LogP) is 4.99. The minimum absolute atomic E-state index is 0.00802. The van der Waals surface area contributed by atoms with Crippen molar-refractivity contribution >= 4 is 44.7 Å². The van der Waals surface area contributed by atoms with E-state index in [4.69, 9.17) is 4.99 Å². The average molecular weight is 544 g/mol. The molecule has 6 nitrogen and oxygen atoms in total. The van der Waals surface area contributed by atoms with Gasteiger partial charge in [-0.3, -0.25) is 19.5 Å². The molecule has 0 radical (unpaired) electrons. The maximum atomic E-state index is 13.7. The quantitative estimate of drug-likeness (QED) is 0.270. The smallest absolute Gasteiger partial charge is 0.271 e. The van der Waals surface area contributed by atoms with Crippen LogP contribution in [0.3, 0.4) is 0 Å². The molecular weight excluding hydrogens is 526 g/mol. The molecule has 0 amide bonds. The van der Waals surface area contributed by atoms with Gasteiger partial charge in [0.05, 0.1) is 21.2 Å². The molecule has 172 valence electrons. The van der Waals surface area contributed by atoms with Crippen LogP contribution in [0.25, 0.3) is 11.8 Å². The molecule has 0 fully saturated rings. The maximum absolute atomic E-state index is 13.7. The van der Waals surface area contributed by atoms with Crippen molar-refractivity contribution in [3.8, 4) is 0 Å². The van der Waals surface area contributed by atoms with Crippen LogP contribution in [0.2, 0.25) is 0 Å². The van der Waals surface area contributed by atoms with Crippen LogP contribution in [0.4, 0.5) is 5.69 Å². The Labute approximate surface area is 212 Å². The fourth-order valence-electron chi connectivity index (χ4n) is 4.85. The van der Waals surface area contributed by atoms with Gasteiger partial charge in [-0.05, 0) is 53.3 Å². The van der Waals surface area contributed by atoms with Gasteiger partial charge in [-0.25, -0.2) is 4.99 Å². The summed E-state index contributed by atoms with van der Waals surface area (Å²) in [6.45, 7) is 0. The van der Waals surface area contributed by atoms with Crippen LogP contribution in [0.15, 0.2) is 92.6 Å². The Morgan fingerprint density at radius 3 is 2.66 bits per heavy atom. The van der Waals surface area contributed by atoms with Gasteiger partial charge in [0.1, 0.15) is 0 Å². The topological polar surface area (TPSA) is 77.5 Å². The molecule has 0 saturated carbocycles. The van der Waals surface area contributed by atoms with Crippen LogP contribution >= 0.6 is 27.3 Å². The number of rotatable bonds is 3. The fourth-order valence-corrected chi connectivity index (χ4v) is 6.11. The minimum atomic E-state index is -0.433. The van der Waals surface area contributed by atoms with E-state index in [0.717, 1.165) is 39.7 Å². The maximum Gasteiger partial charge on any atom is 0.271 e. The Kier molecular flexibility index (Phi) is 5.35. The number of aromatic nitrogens is 1. The Morgan fingerprint density at radius 2 is 1.86 bits per heavy atom. The number of benzene rings is 3. The van der Waals surface area contributed by atoms with Gasteiger partial charge in [0.2, 0.25) is 0 Å². The van der Waals surface area contributed by atoms with Gasteiger partial charge in [-0.15, -0.1) is 0 Å². The lowest BCUT2D eigenvalue weighted by molar-refractivity contribution is -0.384. The van der Waals surface area contributed by atoms with Crippen molar-refractivity contribution in [1.29, 1.82) is 0 Å². The zero-order valence-corrected chi connectivity index (χ0v) is 20.8. The number of hydrogen-bond acceptors (Lipinski definition) is 5. The number of nitro benzene ring substituents is 1. The number of aryl methyl sites for hydroxylation is 1. The lowest BCUT2D eigenvalue weighted by atomic mass is 9.83. The third kappa shape index (κ3) is 3.79.